The molecular formula is C39H24N6. The SMILES string of the molecule is c1ccc2cc(-c3cc4n(n3)c3cc(-c5ccc6ccccc6c5)nn3c3cc(-c5ccc6ccccc6c5)nn43)ccc2c1. The molecule has 0 atom stereocenters. The highest BCUT2D eigenvalue weighted by molar-refractivity contribution is 5.90. The summed E-state index contributed by atoms with van der Waals surface area (Å²) in [7, 11) is 0. The van der Waals surface area contributed by atoms with E-state index in [0.717, 1.165) is 50.7 Å². The van der Waals surface area contributed by atoms with Gasteiger partial charge in [-0.05, 0) is 50.5 Å². The minimum absolute atomic E-state index is 0.873. The van der Waals surface area contributed by atoms with Gasteiger partial charge in [0.05, 0.1) is 17.1 Å². The first-order chi connectivity index (χ1) is 22.2. The Morgan fingerprint density at radius 3 is 0.889 bits per heavy atom. The Morgan fingerprint density at radius 1 is 0.289 bits per heavy atom. The summed E-state index contributed by atoms with van der Waals surface area (Å²) in [5.41, 5.74) is 8.43. The van der Waals surface area contributed by atoms with Crippen LogP contribution < -0.4 is 0 Å². The number of nitrogens with zero attached hydrogens (tertiary/aromatic N) is 6. The summed E-state index contributed by atoms with van der Waals surface area (Å²) in [5.74, 6) is 0. The minimum Gasteiger partial charge on any atom is -0.196 e. The van der Waals surface area contributed by atoms with Crippen LogP contribution in [0.4, 0.5) is 0 Å². The van der Waals surface area contributed by atoms with E-state index >= 15 is 0 Å². The summed E-state index contributed by atoms with van der Waals surface area (Å²) in [6.45, 7) is 0. The minimum atomic E-state index is 0.873. The van der Waals surface area contributed by atoms with E-state index in [-0.39, 0.29) is 0 Å². The van der Waals surface area contributed by atoms with E-state index in [0.29, 0.717) is 0 Å². The molecule has 10 rings (SSSR count). The molecular weight excluding hydrogens is 552 g/mol. The molecule has 0 bridgehead atoms. The fourth-order valence-corrected chi connectivity index (χ4v) is 6.54. The molecule has 0 radical (unpaired) electrons. The molecule has 4 heterocycles. The van der Waals surface area contributed by atoms with Crippen molar-refractivity contribution < 1.29 is 0 Å². The highest BCUT2D eigenvalue weighted by Gasteiger charge is 2.19. The van der Waals surface area contributed by atoms with Crippen molar-refractivity contribution in [2.45, 2.75) is 0 Å². The molecule has 0 saturated heterocycles. The van der Waals surface area contributed by atoms with Gasteiger partial charge < -0.3 is 0 Å². The lowest BCUT2D eigenvalue weighted by Gasteiger charge is -2.02. The van der Waals surface area contributed by atoms with Gasteiger partial charge >= 0.3 is 0 Å². The summed E-state index contributed by atoms with van der Waals surface area (Å²) >= 11 is 0. The third kappa shape index (κ3) is 3.72. The van der Waals surface area contributed by atoms with Crippen LogP contribution in [0.1, 0.15) is 0 Å². The van der Waals surface area contributed by atoms with E-state index in [4.69, 9.17) is 15.3 Å². The zero-order valence-electron chi connectivity index (χ0n) is 24.0. The summed E-state index contributed by atoms with van der Waals surface area (Å²) < 4.78 is 5.89. The lowest BCUT2D eigenvalue weighted by Crippen LogP contribution is -2.04. The first-order valence-electron chi connectivity index (χ1n) is 15.0. The van der Waals surface area contributed by atoms with E-state index in [1.54, 1.807) is 0 Å². The van der Waals surface area contributed by atoms with Crippen LogP contribution in [0.25, 0.3) is 83.0 Å². The number of fused-ring (bicyclic) bond motifs is 9. The van der Waals surface area contributed by atoms with Crippen LogP contribution in [-0.2, 0) is 0 Å². The second kappa shape index (κ2) is 9.11. The van der Waals surface area contributed by atoms with Crippen LogP contribution in [0.15, 0.2) is 146 Å². The molecule has 45 heavy (non-hydrogen) atoms. The van der Waals surface area contributed by atoms with E-state index in [1.807, 2.05) is 13.5 Å². The van der Waals surface area contributed by atoms with Crippen molar-refractivity contribution in [1.82, 2.24) is 28.8 Å². The number of rotatable bonds is 3. The maximum absolute atomic E-state index is 5.14. The molecule has 0 N–H and O–H groups in total. The van der Waals surface area contributed by atoms with E-state index < -0.39 is 0 Å². The molecule has 10 aromatic rings. The average Bonchev–Trinajstić information content (AvgIpc) is 3.85. The maximum Gasteiger partial charge on any atom is 0.162 e. The highest BCUT2D eigenvalue weighted by atomic mass is 15.4. The zero-order valence-corrected chi connectivity index (χ0v) is 24.0. The molecule has 0 aliphatic heterocycles. The summed E-state index contributed by atoms with van der Waals surface area (Å²) in [5, 5.41) is 22.6. The van der Waals surface area contributed by atoms with Gasteiger partial charge in [0, 0.05) is 34.9 Å². The fourth-order valence-electron chi connectivity index (χ4n) is 6.54. The van der Waals surface area contributed by atoms with Crippen molar-refractivity contribution in [3.63, 3.8) is 0 Å². The van der Waals surface area contributed by atoms with E-state index in [2.05, 4.69) is 146 Å². The second-order valence-electron chi connectivity index (χ2n) is 11.6. The van der Waals surface area contributed by atoms with Crippen LogP contribution in [0.3, 0.4) is 0 Å². The lowest BCUT2D eigenvalue weighted by molar-refractivity contribution is 0.831. The largest absolute Gasteiger partial charge is 0.196 e. The summed E-state index contributed by atoms with van der Waals surface area (Å²) in [6.07, 6.45) is 0. The van der Waals surface area contributed by atoms with Crippen LogP contribution in [0, 0.1) is 0 Å². The Kier molecular flexibility index (Phi) is 4.90. The van der Waals surface area contributed by atoms with Crippen molar-refractivity contribution in [3.05, 3.63) is 146 Å². The molecule has 210 valence electrons. The molecule has 0 aliphatic carbocycles. The van der Waals surface area contributed by atoms with Crippen LogP contribution in [-0.4, -0.2) is 28.8 Å². The highest BCUT2D eigenvalue weighted by Crippen LogP contribution is 2.31. The van der Waals surface area contributed by atoms with Crippen molar-refractivity contribution in [1.29, 1.82) is 0 Å². The quantitative estimate of drug-likeness (QED) is 0.211. The van der Waals surface area contributed by atoms with Crippen molar-refractivity contribution in [2.24, 2.45) is 0 Å². The van der Waals surface area contributed by atoms with Crippen molar-refractivity contribution in [3.8, 4) is 33.8 Å². The van der Waals surface area contributed by atoms with Crippen LogP contribution in [0.5, 0.6) is 0 Å². The van der Waals surface area contributed by atoms with Gasteiger partial charge in [-0.15, -0.1) is 0 Å². The summed E-state index contributed by atoms with van der Waals surface area (Å²) in [6, 6.07) is 51.1. The van der Waals surface area contributed by atoms with Gasteiger partial charge in [0.2, 0.25) is 0 Å². The Hall–Kier alpha value is -6.27. The standard InChI is InChI=1S/C39H24N6/c1-4-10-28-19-31(16-13-25(28)7-1)34-22-37-43(40-34)38-23-35(32-17-14-26-8-2-5-11-29(26)20-32)42-45(38)39-24-36(41-44(37)39)33-18-15-27-9-3-6-12-30(27)21-33/h1-24H. The molecule has 4 aromatic heterocycles. The number of aromatic nitrogens is 6. The van der Waals surface area contributed by atoms with Gasteiger partial charge in [0.25, 0.3) is 0 Å². The lowest BCUT2D eigenvalue weighted by atomic mass is 10.1. The Balaban J connectivity index is 1.23. The Morgan fingerprint density at radius 2 is 0.578 bits per heavy atom. The molecule has 0 saturated carbocycles. The third-order valence-corrected chi connectivity index (χ3v) is 8.86. The average molecular weight is 577 g/mol. The predicted octanol–water partition coefficient (Wildman–Crippen LogP) is 9.09. The van der Waals surface area contributed by atoms with Crippen molar-refractivity contribution in [2.75, 3.05) is 0 Å². The maximum atomic E-state index is 5.14. The number of benzene rings is 6. The van der Waals surface area contributed by atoms with E-state index in [1.165, 1.54) is 32.3 Å². The Labute approximate surface area is 257 Å². The molecule has 0 aliphatic rings. The zero-order chi connectivity index (χ0) is 29.5. The van der Waals surface area contributed by atoms with Gasteiger partial charge in [0.1, 0.15) is 0 Å². The van der Waals surface area contributed by atoms with Gasteiger partial charge in [-0.25, -0.2) is 0 Å². The molecule has 6 heteroatoms. The molecule has 6 aromatic carbocycles. The van der Waals surface area contributed by atoms with Gasteiger partial charge in [-0.1, -0.05) is 109 Å². The molecule has 0 unspecified atom stereocenters. The molecule has 0 spiro atoms. The fraction of sp³-hybridized carbons (Fsp3) is 0. The van der Waals surface area contributed by atoms with Crippen LogP contribution in [0.2, 0.25) is 0 Å². The predicted molar refractivity (Wildman–Crippen MR) is 182 cm³/mol. The smallest absolute Gasteiger partial charge is 0.162 e. The number of hydrogen-bond donors (Lipinski definition) is 0. The molecule has 0 fully saturated rings. The topological polar surface area (TPSA) is 51.9 Å². The molecule has 6 nitrogen and oxygen atoms in total. The van der Waals surface area contributed by atoms with Gasteiger partial charge in [-0.3, -0.25) is 0 Å². The van der Waals surface area contributed by atoms with Crippen molar-refractivity contribution >= 4 is 49.3 Å². The number of hydrogen-bond acceptors (Lipinski definition) is 3. The Bertz CT molecular complexity index is 2380. The normalized spacial score (nSPS) is 12.0. The van der Waals surface area contributed by atoms with Gasteiger partial charge in [-0.2, -0.15) is 28.8 Å². The summed E-state index contributed by atoms with van der Waals surface area (Å²) in [4.78, 5) is 0. The van der Waals surface area contributed by atoms with Gasteiger partial charge in [0.15, 0.2) is 16.9 Å². The molecule has 0 amide bonds. The monoisotopic (exact) mass is 576 g/mol. The van der Waals surface area contributed by atoms with Crippen LogP contribution >= 0.6 is 0 Å². The second-order valence-corrected chi connectivity index (χ2v) is 11.6. The third-order valence-electron chi connectivity index (χ3n) is 8.86. The van der Waals surface area contributed by atoms with E-state index in [9.17, 15) is 0 Å². The first kappa shape index (κ1) is 24.2. The first-order valence-corrected chi connectivity index (χ1v) is 15.0.